The highest BCUT2D eigenvalue weighted by Crippen LogP contribution is 2.46. The van der Waals surface area contributed by atoms with Crippen LogP contribution >= 0.6 is 0 Å². The number of carbonyl (C=O) groups is 1. The number of benzene rings is 1. The molecule has 1 aliphatic carbocycles. The summed E-state index contributed by atoms with van der Waals surface area (Å²) in [5.74, 6) is -4.55. The van der Waals surface area contributed by atoms with Crippen molar-refractivity contribution in [2.75, 3.05) is 0 Å². The van der Waals surface area contributed by atoms with E-state index in [4.69, 9.17) is 5.11 Å². The third-order valence-corrected chi connectivity index (χ3v) is 3.32. The van der Waals surface area contributed by atoms with Gasteiger partial charge in [0.15, 0.2) is 11.6 Å². The zero-order valence-corrected chi connectivity index (χ0v) is 9.88. The van der Waals surface area contributed by atoms with Crippen LogP contribution in [0.4, 0.5) is 17.6 Å². The summed E-state index contributed by atoms with van der Waals surface area (Å²) >= 11 is 0. The molecule has 1 aliphatic rings. The number of hydrogen-bond acceptors (Lipinski definition) is 1. The zero-order chi connectivity index (χ0) is 14.2. The molecule has 0 radical (unpaired) electrons. The number of aliphatic carboxylic acids is 1. The lowest BCUT2D eigenvalue weighted by Crippen LogP contribution is -2.12. The Morgan fingerprint density at radius 2 is 1.95 bits per heavy atom. The highest BCUT2D eigenvalue weighted by Gasteiger charge is 2.36. The van der Waals surface area contributed by atoms with E-state index >= 15 is 0 Å². The van der Waals surface area contributed by atoms with Gasteiger partial charge in [-0.25, -0.2) is 17.6 Å². The van der Waals surface area contributed by atoms with Crippen molar-refractivity contribution in [3.63, 3.8) is 0 Å². The Morgan fingerprint density at radius 1 is 1.32 bits per heavy atom. The van der Waals surface area contributed by atoms with Crippen molar-refractivity contribution >= 4 is 5.97 Å². The van der Waals surface area contributed by atoms with Crippen LogP contribution < -0.4 is 0 Å². The van der Waals surface area contributed by atoms with Crippen molar-refractivity contribution in [1.82, 2.24) is 0 Å². The molecule has 0 heterocycles. The van der Waals surface area contributed by atoms with Gasteiger partial charge in [-0.1, -0.05) is 0 Å². The molecule has 0 bridgehead atoms. The molecule has 1 unspecified atom stereocenters. The summed E-state index contributed by atoms with van der Waals surface area (Å²) in [6, 6.07) is 1.34. The molecule has 1 N–H and O–H groups in total. The topological polar surface area (TPSA) is 37.3 Å². The molecule has 1 aromatic carbocycles. The van der Waals surface area contributed by atoms with Crippen molar-refractivity contribution < 1.29 is 27.5 Å². The molecule has 19 heavy (non-hydrogen) atoms. The lowest BCUT2D eigenvalue weighted by molar-refractivity contribution is -0.137. The molecule has 1 fully saturated rings. The fraction of sp³-hybridized carbons (Fsp3) is 0.462. The van der Waals surface area contributed by atoms with E-state index in [9.17, 15) is 22.4 Å². The predicted octanol–water partition coefficient (Wildman–Crippen LogP) is 3.87. The maximum Gasteiger partial charge on any atom is 0.303 e. The molecule has 2 nitrogen and oxygen atoms in total. The van der Waals surface area contributed by atoms with Crippen LogP contribution in [0.5, 0.6) is 0 Å². The molecule has 0 amide bonds. The van der Waals surface area contributed by atoms with Gasteiger partial charge in [-0.3, -0.25) is 4.79 Å². The fourth-order valence-electron chi connectivity index (χ4n) is 2.25. The number of alkyl halides is 2. The number of carboxylic acid groups (broad SMARTS) is 1. The minimum atomic E-state index is -2.92. The first-order chi connectivity index (χ1) is 8.90. The van der Waals surface area contributed by atoms with Crippen LogP contribution in [-0.4, -0.2) is 11.1 Å². The van der Waals surface area contributed by atoms with Crippen LogP contribution in [0.15, 0.2) is 12.1 Å². The maximum atomic E-state index is 13.7. The van der Waals surface area contributed by atoms with Crippen LogP contribution in [0.2, 0.25) is 0 Å². The van der Waals surface area contributed by atoms with Gasteiger partial charge in [0.25, 0.3) is 6.43 Å². The van der Waals surface area contributed by atoms with E-state index in [1.54, 1.807) is 0 Å². The molecule has 2 rings (SSSR count). The number of rotatable bonds is 5. The van der Waals surface area contributed by atoms with Crippen molar-refractivity contribution in [1.29, 1.82) is 0 Å². The average molecular weight is 276 g/mol. The Bertz CT molecular complexity index is 498. The van der Waals surface area contributed by atoms with Crippen LogP contribution in [0.1, 0.15) is 42.7 Å². The van der Waals surface area contributed by atoms with Crippen molar-refractivity contribution in [3.8, 4) is 0 Å². The van der Waals surface area contributed by atoms with Crippen molar-refractivity contribution in [2.24, 2.45) is 5.92 Å². The third-order valence-electron chi connectivity index (χ3n) is 3.32. The van der Waals surface area contributed by atoms with Crippen molar-refractivity contribution in [3.05, 3.63) is 34.9 Å². The Labute approximate surface area is 107 Å². The second kappa shape index (κ2) is 5.19. The molecule has 0 aliphatic heterocycles. The first-order valence-electron chi connectivity index (χ1n) is 5.89. The quantitative estimate of drug-likeness (QED) is 0.829. The molecule has 1 atom stereocenters. The fourth-order valence-corrected chi connectivity index (χ4v) is 2.25. The van der Waals surface area contributed by atoms with E-state index in [1.165, 1.54) is 0 Å². The summed E-state index contributed by atoms with van der Waals surface area (Å²) < 4.78 is 52.2. The van der Waals surface area contributed by atoms with Crippen LogP contribution in [0.25, 0.3) is 0 Å². The molecule has 6 heteroatoms. The monoisotopic (exact) mass is 276 g/mol. The van der Waals surface area contributed by atoms with E-state index in [-0.39, 0.29) is 17.9 Å². The van der Waals surface area contributed by atoms with Crippen LogP contribution in [0.3, 0.4) is 0 Å². The number of carboxylic acids is 1. The predicted molar refractivity (Wildman–Crippen MR) is 59.0 cm³/mol. The highest BCUT2D eigenvalue weighted by atomic mass is 19.3. The Kier molecular flexibility index (Phi) is 3.78. The highest BCUT2D eigenvalue weighted by molar-refractivity contribution is 5.68. The molecular weight excluding hydrogens is 264 g/mol. The minimum Gasteiger partial charge on any atom is -0.481 e. The van der Waals surface area contributed by atoms with Gasteiger partial charge in [0.05, 0.1) is 6.42 Å². The normalized spacial score (nSPS) is 16.7. The van der Waals surface area contributed by atoms with Gasteiger partial charge in [-0.15, -0.1) is 0 Å². The van der Waals surface area contributed by atoms with Crippen LogP contribution in [-0.2, 0) is 4.79 Å². The summed E-state index contributed by atoms with van der Waals surface area (Å²) in [4.78, 5) is 10.8. The average Bonchev–Trinajstić information content (AvgIpc) is 3.13. The van der Waals surface area contributed by atoms with Gasteiger partial charge < -0.3 is 5.11 Å². The summed E-state index contributed by atoms with van der Waals surface area (Å²) in [6.07, 6.45) is -1.89. The summed E-state index contributed by atoms with van der Waals surface area (Å²) in [6.45, 7) is 0. The van der Waals surface area contributed by atoms with Gasteiger partial charge >= 0.3 is 5.97 Å². The molecule has 0 saturated heterocycles. The first-order valence-corrected chi connectivity index (χ1v) is 5.89. The Hall–Kier alpha value is -1.59. The maximum absolute atomic E-state index is 13.7. The number of hydrogen-bond donors (Lipinski definition) is 1. The van der Waals surface area contributed by atoms with E-state index in [2.05, 4.69) is 0 Å². The smallest absolute Gasteiger partial charge is 0.303 e. The largest absolute Gasteiger partial charge is 0.481 e. The molecule has 0 spiro atoms. The zero-order valence-electron chi connectivity index (χ0n) is 9.88. The summed E-state index contributed by atoms with van der Waals surface area (Å²) in [5, 5.41) is 8.80. The van der Waals surface area contributed by atoms with Crippen LogP contribution in [0, 0.1) is 17.6 Å². The lowest BCUT2D eigenvalue weighted by Gasteiger charge is -2.17. The molecule has 1 aromatic rings. The second-order valence-corrected chi connectivity index (χ2v) is 4.75. The Morgan fingerprint density at radius 3 is 2.42 bits per heavy atom. The van der Waals surface area contributed by atoms with Gasteiger partial charge in [0, 0.05) is 11.5 Å². The summed E-state index contributed by atoms with van der Waals surface area (Å²) in [7, 11) is 0. The first kappa shape index (κ1) is 13.8. The van der Waals surface area contributed by atoms with Gasteiger partial charge in [-0.2, -0.15) is 0 Å². The van der Waals surface area contributed by atoms with Gasteiger partial charge in [-0.05, 0) is 36.5 Å². The van der Waals surface area contributed by atoms with Gasteiger partial charge in [0.1, 0.15) is 0 Å². The van der Waals surface area contributed by atoms with Gasteiger partial charge in [0.2, 0.25) is 0 Å². The molecule has 0 aromatic heterocycles. The molecular formula is C13H12F4O2. The second-order valence-electron chi connectivity index (χ2n) is 4.75. The SMILES string of the molecule is O=C(O)CC(c1cc(C(F)F)cc(F)c1F)C1CC1. The number of halogens is 4. The minimum absolute atomic E-state index is 0.0714. The lowest BCUT2D eigenvalue weighted by atomic mass is 9.89. The molecule has 104 valence electrons. The molecule has 1 saturated carbocycles. The summed E-state index contributed by atoms with van der Waals surface area (Å²) in [5.41, 5.74) is -0.870. The van der Waals surface area contributed by atoms with E-state index in [1.807, 2.05) is 0 Å². The Balaban J connectivity index is 2.42. The van der Waals surface area contributed by atoms with E-state index in [0.717, 1.165) is 6.07 Å². The third kappa shape index (κ3) is 3.05. The van der Waals surface area contributed by atoms with Crippen molar-refractivity contribution in [2.45, 2.75) is 31.6 Å². The van der Waals surface area contributed by atoms with E-state index in [0.29, 0.717) is 18.9 Å². The van der Waals surface area contributed by atoms with E-state index < -0.39 is 35.5 Å². The standard InChI is InChI=1S/C13H12F4O2/c14-10-4-7(13(16)17)3-9(12(10)15)8(5-11(18)19)6-1-2-6/h3-4,6,8,13H,1-2,5H2,(H,18,19).